The predicted octanol–water partition coefficient (Wildman–Crippen LogP) is 2.66. The van der Waals surface area contributed by atoms with Crippen LogP contribution in [-0.4, -0.2) is 41.1 Å². The van der Waals surface area contributed by atoms with E-state index < -0.39 is 0 Å². The van der Waals surface area contributed by atoms with E-state index in [2.05, 4.69) is 4.98 Å². The molecule has 1 aliphatic heterocycles. The quantitative estimate of drug-likeness (QED) is 0.838. The predicted molar refractivity (Wildman–Crippen MR) is 78.5 cm³/mol. The number of carbonyl (C=O) groups excluding carboxylic acids is 1. The Labute approximate surface area is 119 Å². The monoisotopic (exact) mass is 284 g/mol. The van der Waals surface area contributed by atoms with Crippen LogP contribution in [-0.2, 0) is 16.0 Å². The van der Waals surface area contributed by atoms with Crippen molar-refractivity contribution < 1.29 is 9.53 Å². The number of morpholine rings is 1. The third-order valence-corrected chi connectivity index (χ3v) is 3.59. The Morgan fingerprint density at radius 2 is 2.00 bits per heavy atom. The summed E-state index contributed by atoms with van der Waals surface area (Å²) in [5.41, 5.74) is 0.879. The first-order valence-electron chi connectivity index (χ1n) is 6.89. The van der Waals surface area contributed by atoms with E-state index >= 15 is 0 Å². The molecule has 0 radical (unpaired) electrons. The number of hydrogen-bond donors (Lipinski definition) is 0. The lowest BCUT2D eigenvalue weighted by atomic mass is 10.2. The van der Waals surface area contributed by atoms with Crippen LogP contribution in [0.3, 0.4) is 0 Å². The van der Waals surface area contributed by atoms with Gasteiger partial charge in [0.15, 0.2) is 0 Å². The second-order valence-electron chi connectivity index (χ2n) is 4.59. The molecular formula is C14H24N2O2S. The van der Waals surface area contributed by atoms with Crippen LogP contribution < -0.4 is 0 Å². The zero-order valence-electron chi connectivity index (χ0n) is 12.5. The minimum absolute atomic E-state index is 0.125. The number of amides is 1. The van der Waals surface area contributed by atoms with Crippen molar-refractivity contribution in [1.29, 1.82) is 0 Å². The Bertz CT molecular complexity index is 396. The number of hydrogen-bond acceptors (Lipinski definition) is 4. The largest absolute Gasteiger partial charge is 0.372 e. The minimum atomic E-state index is 0.125. The lowest BCUT2D eigenvalue weighted by Gasteiger charge is -2.35. The van der Waals surface area contributed by atoms with Gasteiger partial charge >= 0.3 is 0 Å². The van der Waals surface area contributed by atoms with Gasteiger partial charge in [-0.25, -0.2) is 4.98 Å². The molecule has 108 valence electrons. The Morgan fingerprint density at radius 3 is 2.47 bits per heavy atom. The average molecular weight is 284 g/mol. The highest BCUT2D eigenvalue weighted by molar-refractivity contribution is 7.09. The molecule has 1 amide bonds. The van der Waals surface area contributed by atoms with Crippen LogP contribution >= 0.6 is 11.3 Å². The minimum Gasteiger partial charge on any atom is -0.372 e. The molecule has 1 aromatic heterocycles. The lowest BCUT2D eigenvalue weighted by molar-refractivity contribution is -0.142. The zero-order valence-corrected chi connectivity index (χ0v) is 13.3. The number of carbonyl (C=O) groups is 1. The van der Waals surface area contributed by atoms with Crippen molar-refractivity contribution in [3.05, 3.63) is 16.1 Å². The highest BCUT2D eigenvalue weighted by Gasteiger charge is 2.26. The summed E-state index contributed by atoms with van der Waals surface area (Å²) in [6.07, 6.45) is 0.656. The summed E-state index contributed by atoms with van der Waals surface area (Å²) < 4.78 is 5.61. The second-order valence-corrected chi connectivity index (χ2v) is 5.65. The number of aromatic nitrogens is 1. The first-order valence-corrected chi connectivity index (χ1v) is 7.77. The maximum atomic E-state index is 12.1. The molecule has 0 N–H and O–H groups in total. The normalized spacial score (nSPS) is 22.7. The van der Waals surface area contributed by atoms with E-state index in [-0.39, 0.29) is 18.1 Å². The van der Waals surface area contributed by atoms with Crippen LogP contribution in [0.2, 0.25) is 0 Å². The van der Waals surface area contributed by atoms with E-state index in [9.17, 15) is 4.79 Å². The highest BCUT2D eigenvalue weighted by atomic mass is 32.1. The van der Waals surface area contributed by atoms with Crippen molar-refractivity contribution in [2.24, 2.45) is 0 Å². The van der Waals surface area contributed by atoms with E-state index in [4.69, 9.17) is 4.74 Å². The van der Waals surface area contributed by atoms with Gasteiger partial charge in [0.05, 0.1) is 29.3 Å². The molecule has 0 aliphatic carbocycles. The van der Waals surface area contributed by atoms with Crippen molar-refractivity contribution >= 4 is 17.2 Å². The van der Waals surface area contributed by atoms with Crippen molar-refractivity contribution in [3.8, 4) is 0 Å². The standard InChI is InChI=1S/C12H18N2O2S.C2H6/c1-8-5-14(6-9(2)16-8)12(15)4-11-7-17-10(3)13-11;1-2/h7-9H,4-6H2,1-3H3;1-2H3. The Morgan fingerprint density at radius 1 is 1.42 bits per heavy atom. The van der Waals surface area contributed by atoms with Crippen LogP contribution in [0.25, 0.3) is 0 Å². The van der Waals surface area contributed by atoms with Crippen molar-refractivity contribution in [2.75, 3.05) is 13.1 Å². The van der Waals surface area contributed by atoms with Gasteiger partial charge in [-0.15, -0.1) is 11.3 Å². The molecule has 2 atom stereocenters. The molecule has 1 aliphatic rings. The summed E-state index contributed by atoms with van der Waals surface area (Å²) >= 11 is 1.59. The molecule has 2 rings (SSSR count). The maximum Gasteiger partial charge on any atom is 0.228 e. The molecule has 2 heterocycles. The number of ether oxygens (including phenoxy) is 1. The Hall–Kier alpha value is -0.940. The SMILES string of the molecule is CC.Cc1nc(CC(=O)N2CC(C)OC(C)C2)cs1. The summed E-state index contributed by atoms with van der Waals surface area (Å²) in [7, 11) is 0. The zero-order chi connectivity index (χ0) is 14.4. The number of aryl methyl sites for hydroxylation is 1. The van der Waals surface area contributed by atoms with Crippen LogP contribution in [0.4, 0.5) is 0 Å². The first-order chi connectivity index (χ1) is 9.04. The molecule has 2 unspecified atom stereocenters. The fraction of sp³-hybridized carbons (Fsp3) is 0.714. The average Bonchev–Trinajstić information content (AvgIpc) is 2.76. The van der Waals surface area contributed by atoms with Crippen molar-refractivity contribution in [3.63, 3.8) is 0 Å². The van der Waals surface area contributed by atoms with E-state index in [1.54, 1.807) is 11.3 Å². The number of rotatable bonds is 2. The number of nitrogens with zero attached hydrogens (tertiary/aromatic N) is 2. The number of thiazole rings is 1. The molecule has 19 heavy (non-hydrogen) atoms. The molecule has 1 saturated heterocycles. The van der Waals surface area contributed by atoms with Crippen LogP contribution in [0.1, 0.15) is 38.4 Å². The van der Waals surface area contributed by atoms with E-state index in [1.807, 2.05) is 44.9 Å². The van der Waals surface area contributed by atoms with Gasteiger partial charge in [0.25, 0.3) is 0 Å². The van der Waals surface area contributed by atoms with Gasteiger partial charge in [0, 0.05) is 18.5 Å². The van der Waals surface area contributed by atoms with Gasteiger partial charge in [-0.3, -0.25) is 4.79 Å². The third-order valence-electron chi connectivity index (χ3n) is 2.77. The molecule has 5 heteroatoms. The fourth-order valence-corrected chi connectivity index (χ4v) is 2.75. The lowest BCUT2D eigenvalue weighted by Crippen LogP contribution is -2.48. The van der Waals surface area contributed by atoms with Crippen LogP contribution in [0, 0.1) is 6.92 Å². The molecule has 4 nitrogen and oxygen atoms in total. The Kier molecular flexibility index (Phi) is 6.45. The molecule has 0 bridgehead atoms. The molecule has 0 aromatic carbocycles. The summed E-state index contributed by atoms with van der Waals surface area (Å²) in [6.45, 7) is 11.3. The summed E-state index contributed by atoms with van der Waals surface area (Å²) in [5, 5.41) is 2.97. The van der Waals surface area contributed by atoms with Crippen molar-refractivity contribution in [2.45, 2.75) is 53.2 Å². The van der Waals surface area contributed by atoms with Crippen LogP contribution in [0.5, 0.6) is 0 Å². The smallest absolute Gasteiger partial charge is 0.228 e. The second kappa shape index (κ2) is 7.60. The molecule has 1 aromatic rings. The molecule has 1 fully saturated rings. The summed E-state index contributed by atoms with van der Waals surface area (Å²) in [4.78, 5) is 18.3. The summed E-state index contributed by atoms with van der Waals surface area (Å²) in [6, 6.07) is 0. The first kappa shape index (κ1) is 16.1. The van der Waals surface area contributed by atoms with Gasteiger partial charge < -0.3 is 9.64 Å². The summed E-state index contributed by atoms with van der Waals surface area (Å²) in [5.74, 6) is 0.150. The van der Waals surface area contributed by atoms with Gasteiger partial charge in [-0.2, -0.15) is 0 Å². The Balaban J connectivity index is 0.000000861. The fourth-order valence-electron chi connectivity index (χ4n) is 2.14. The molecular weight excluding hydrogens is 260 g/mol. The van der Waals surface area contributed by atoms with Gasteiger partial charge in [0.2, 0.25) is 5.91 Å². The van der Waals surface area contributed by atoms with E-state index in [0.29, 0.717) is 19.5 Å². The van der Waals surface area contributed by atoms with Crippen LogP contribution in [0.15, 0.2) is 5.38 Å². The van der Waals surface area contributed by atoms with Gasteiger partial charge in [-0.05, 0) is 20.8 Å². The molecule has 0 saturated carbocycles. The van der Waals surface area contributed by atoms with E-state index in [0.717, 1.165) is 10.7 Å². The molecule has 0 spiro atoms. The van der Waals surface area contributed by atoms with E-state index in [1.165, 1.54) is 0 Å². The maximum absolute atomic E-state index is 12.1. The van der Waals surface area contributed by atoms with Gasteiger partial charge in [0.1, 0.15) is 0 Å². The van der Waals surface area contributed by atoms with Gasteiger partial charge in [-0.1, -0.05) is 13.8 Å². The topological polar surface area (TPSA) is 42.4 Å². The highest BCUT2D eigenvalue weighted by Crippen LogP contribution is 2.14. The van der Waals surface area contributed by atoms with Crippen molar-refractivity contribution in [1.82, 2.24) is 9.88 Å². The third kappa shape index (κ3) is 4.91.